The number of carbonyl (C=O) groups is 2. The highest BCUT2D eigenvalue weighted by Crippen LogP contribution is 2.39. The van der Waals surface area contributed by atoms with E-state index in [1.807, 2.05) is 18.7 Å². The second-order valence-electron chi connectivity index (χ2n) is 6.91. The van der Waals surface area contributed by atoms with Crippen LogP contribution in [-0.4, -0.2) is 63.5 Å². The number of carbonyl (C=O) groups excluding carboxylic acids is 2. The quantitative estimate of drug-likeness (QED) is 0.743. The van der Waals surface area contributed by atoms with E-state index in [1.165, 1.54) is 11.3 Å². The third kappa shape index (κ3) is 3.06. The van der Waals surface area contributed by atoms with Crippen LogP contribution in [0.25, 0.3) is 0 Å². The highest BCUT2D eigenvalue weighted by Gasteiger charge is 2.50. The van der Waals surface area contributed by atoms with Crippen molar-refractivity contribution in [1.29, 1.82) is 0 Å². The summed E-state index contributed by atoms with van der Waals surface area (Å²) in [6.07, 6.45) is 1.56. The van der Waals surface area contributed by atoms with Crippen LogP contribution in [0, 0.1) is 6.92 Å². The lowest BCUT2D eigenvalue weighted by atomic mass is 9.98. The lowest BCUT2D eigenvalue weighted by molar-refractivity contribution is 0.0530. The number of nitrogens with one attached hydrogen (secondary N) is 1. The summed E-state index contributed by atoms with van der Waals surface area (Å²) >= 11 is 7.43. The number of likely N-dealkylation sites (tertiary alicyclic amines) is 1. The van der Waals surface area contributed by atoms with Gasteiger partial charge in [0.25, 0.3) is 5.91 Å². The summed E-state index contributed by atoms with van der Waals surface area (Å²) in [5, 5.41) is 1.17. The van der Waals surface area contributed by atoms with E-state index in [0.717, 1.165) is 17.2 Å². The Morgan fingerprint density at radius 3 is 2.79 bits per heavy atom. The van der Waals surface area contributed by atoms with E-state index in [0.29, 0.717) is 47.7 Å². The molecule has 28 heavy (non-hydrogen) atoms. The molecule has 2 aliphatic heterocycles. The van der Waals surface area contributed by atoms with Crippen LogP contribution in [0.2, 0.25) is 5.15 Å². The molecule has 0 saturated carbocycles. The predicted octanol–water partition coefficient (Wildman–Crippen LogP) is 2.67. The normalized spacial score (nSPS) is 20.9. The van der Waals surface area contributed by atoms with Crippen molar-refractivity contribution in [2.45, 2.75) is 45.7 Å². The first-order chi connectivity index (χ1) is 13.4. The Kier molecular flexibility index (Phi) is 5.05. The van der Waals surface area contributed by atoms with E-state index in [9.17, 15) is 9.59 Å². The molecule has 2 aliphatic rings. The van der Waals surface area contributed by atoms with Crippen molar-refractivity contribution in [3.8, 4) is 0 Å². The molecular weight excluding hydrogens is 402 g/mol. The largest absolute Gasteiger partial charge is 0.462 e. The number of thiazole rings is 1. The number of anilines is 1. The van der Waals surface area contributed by atoms with Crippen molar-refractivity contribution in [3.05, 3.63) is 27.2 Å². The minimum absolute atomic E-state index is 0.115. The van der Waals surface area contributed by atoms with Crippen LogP contribution < -0.4 is 4.90 Å². The van der Waals surface area contributed by atoms with Crippen molar-refractivity contribution in [2.24, 2.45) is 0 Å². The van der Waals surface area contributed by atoms with Crippen molar-refractivity contribution in [1.82, 2.24) is 19.9 Å². The summed E-state index contributed by atoms with van der Waals surface area (Å²) in [5.41, 5.74) is 1.46. The van der Waals surface area contributed by atoms with Gasteiger partial charge in [0, 0.05) is 13.1 Å². The Morgan fingerprint density at radius 1 is 1.32 bits per heavy atom. The van der Waals surface area contributed by atoms with Crippen molar-refractivity contribution >= 4 is 39.9 Å². The fraction of sp³-hybridized carbons (Fsp3) is 0.556. The number of hydrogen-bond acceptors (Lipinski definition) is 7. The number of aromatic amines is 1. The van der Waals surface area contributed by atoms with E-state index in [4.69, 9.17) is 16.3 Å². The zero-order chi connectivity index (χ0) is 20.0. The first-order valence-corrected chi connectivity index (χ1v) is 10.6. The minimum Gasteiger partial charge on any atom is -0.462 e. The number of amides is 1. The van der Waals surface area contributed by atoms with Crippen molar-refractivity contribution in [2.75, 3.05) is 24.6 Å². The van der Waals surface area contributed by atoms with E-state index in [1.54, 1.807) is 6.92 Å². The lowest BCUT2D eigenvalue weighted by Crippen LogP contribution is -2.63. The number of fused-ring (bicyclic) bond motifs is 1. The van der Waals surface area contributed by atoms with Crippen LogP contribution in [0.15, 0.2) is 0 Å². The third-order valence-electron chi connectivity index (χ3n) is 5.33. The van der Waals surface area contributed by atoms with Gasteiger partial charge in [-0.05, 0) is 26.7 Å². The molecule has 1 N–H and O–H groups in total. The Balaban J connectivity index is 1.46. The predicted molar refractivity (Wildman–Crippen MR) is 106 cm³/mol. The zero-order valence-electron chi connectivity index (χ0n) is 16.0. The van der Waals surface area contributed by atoms with Gasteiger partial charge >= 0.3 is 5.97 Å². The van der Waals surface area contributed by atoms with E-state index in [2.05, 4.69) is 19.9 Å². The van der Waals surface area contributed by atoms with Crippen LogP contribution in [-0.2, 0) is 11.2 Å². The molecule has 2 fully saturated rings. The summed E-state index contributed by atoms with van der Waals surface area (Å²) in [6, 6.07) is 0.331. The molecule has 2 aromatic heterocycles. The fourth-order valence-corrected chi connectivity index (χ4v) is 5.14. The molecule has 10 heteroatoms. The SMILES string of the molecule is CCOC(=O)c1sc(N2C[C@@H]3[C@H]2CCN3C(=O)c2nc(Cl)c(CC)[nH]2)nc1C. The molecule has 4 heterocycles. The number of esters is 1. The van der Waals surface area contributed by atoms with Gasteiger partial charge in [-0.3, -0.25) is 4.79 Å². The van der Waals surface area contributed by atoms with E-state index >= 15 is 0 Å². The van der Waals surface area contributed by atoms with Gasteiger partial charge in [0.2, 0.25) is 0 Å². The Labute approximate surface area is 171 Å². The van der Waals surface area contributed by atoms with Crippen LogP contribution >= 0.6 is 22.9 Å². The molecule has 0 unspecified atom stereocenters. The average molecular weight is 424 g/mol. The van der Waals surface area contributed by atoms with Crippen LogP contribution in [0.3, 0.4) is 0 Å². The van der Waals surface area contributed by atoms with Gasteiger partial charge in [0.05, 0.1) is 30.1 Å². The number of imidazole rings is 1. The highest BCUT2D eigenvalue weighted by atomic mass is 35.5. The molecule has 0 bridgehead atoms. The summed E-state index contributed by atoms with van der Waals surface area (Å²) in [7, 11) is 0. The molecular formula is C18H22ClN5O3S. The van der Waals surface area contributed by atoms with Gasteiger partial charge in [-0.1, -0.05) is 29.9 Å². The van der Waals surface area contributed by atoms with Crippen molar-refractivity contribution < 1.29 is 14.3 Å². The topological polar surface area (TPSA) is 91.4 Å². The summed E-state index contributed by atoms with van der Waals surface area (Å²) in [6.45, 7) is 7.27. The fourth-order valence-electron chi connectivity index (χ4n) is 3.84. The molecule has 8 nitrogen and oxygen atoms in total. The van der Waals surface area contributed by atoms with Crippen LogP contribution in [0.5, 0.6) is 0 Å². The number of hydrogen-bond donors (Lipinski definition) is 1. The zero-order valence-corrected chi connectivity index (χ0v) is 17.6. The molecule has 4 rings (SSSR count). The second kappa shape index (κ2) is 7.36. The second-order valence-corrected chi connectivity index (χ2v) is 8.25. The van der Waals surface area contributed by atoms with Gasteiger partial charge in [-0.25, -0.2) is 14.8 Å². The summed E-state index contributed by atoms with van der Waals surface area (Å²) in [4.78, 5) is 41.3. The molecule has 2 atom stereocenters. The Bertz CT molecular complexity index is 926. The molecule has 0 aromatic carbocycles. The number of rotatable bonds is 5. The maximum absolute atomic E-state index is 12.9. The highest BCUT2D eigenvalue weighted by molar-refractivity contribution is 7.17. The number of H-pyrrole nitrogens is 1. The van der Waals surface area contributed by atoms with Crippen molar-refractivity contribution in [3.63, 3.8) is 0 Å². The van der Waals surface area contributed by atoms with Crippen LogP contribution in [0.1, 0.15) is 51.9 Å². The number of nitrogens with zero attached hydrogens (tertiary/aromatic N) is 4. The minimum atomic E-state index is -0.328. The lowest BCUT2D eigenvalue weighted by Gasteiger charge is -2.46. The first kappa shape index (κ1) is 19.2. The molecule has 150 valence electrons. The molecule has 2 aromatic rings. The maximum Gasteiger partial charge on any atom is 0.350 e. The average Bonchev–Trinajstić information content (AvgIpc) is 3.30. The van der Waals surface area contributed by atoms with Crippen LogP contribution in [0.4, 0.5) is 5.13 Å². The smallest absolute Gasteiger partial charge is 0.350 e. The van der Waals surface area contributed by atoms with Gasteiger partial charge in [-0.2, -0.15) is 0 Å². The molecule has 2 saturated heterocycles. The molecule has 1 amide bonds. The monoisotopic (exact) mass is 423 g/mol. The number of aromatic nitrogens is 3. The summed E-state index contributed by atoms with van der Waals surface area (Å²) < 4.78 is 5.10. The standard InChI is InChI=1S/C18H22ClN5O3S/c1-4-10-14(19)22-15(21-10)16(25)23-7-6-11-12(23)8-24(11)18-20-9(3)13(28-18)17(26)27-5-2/h11-12H,4-8H2,1-3H3,(H,21,22)/t11-,12-/m1/s1. The first-order valence-electron chi connectivity index (χ1n) is 9.41. The molecule has 0 aliphatic carbocycles. The summed E-state index contributed by atoms with van der Waals surface area (Å²) in [5.74, 6) is -0.141. The molecule has 0 spiro atoms. The van der Waals surface area contributed by atoms with E-state index < -0.39 is 0 Å². The van der Waals surface area contributed by atoms with Gasteiger partial charge < -0.3 is 19.5 Å². The van der Waals surface area contributed by atoms with Gasteiger partial charge in [0.1, 0.15) is 4.88 Å². The van der Waals surface area contributed by atoms with Gasteiger partial charge in [-0.15, -0.1) is 0 Å². The third-order valence-corrected chi connectivity index (χ3v) is 6.82. The Hall–Kier alpha value is -2.13. The van der Waals surface area contributed by atoms with Gasteiger partial charge in [0.15, 0.2) is 16.1 Å². The Morgan fingerprint density at radius 2 is 2.11 bits per heavy atom. The van der Waals surface area contributed by atoms with E-state index in [-0.39, 0.29) is 24.0 Å². The number of aryl methyl sites for hydroxylation is 2. The number of ether oxygens (including phenoxy) is 1. The number of halogens is 1. The maximum atomic E-state index is 12.9. The molecule has 0 radical (unpaired) electrons.